The van der Waals surface area contributed by atoms with Crippen LogP contribution in [0.25, 0.3) is 0 Å². The van der Waals surface area contributed by atoms with Crippen LogP contribution in [0, 0.1) is 0 Å². The van der Waals surface area contributed by atoms with Crippen LogP contribution in [0.2, 0.25) is 0 Å². The van der Waals surface area contributed by atoms with Gasteiger partial charge in [0.1, 0.15) is 4.84 Å². The van der Waals surface area contributed by atoms with Gasteiger partial charge in [-0.1, -0.05) is 0 Å². The van der Waals surface area contributed by atoms with Gasteiger partial charge in [-0.2, -0.15) is 0 Å². The van der Waals surface area contributed by atoms with Gasteiger partial charge in [-0.15, -0.1) is 46.4 Å². The Labute approximate surface area is 140 Å². The standard InChI is InChI=1S/C7H15Cl2N2O2P.C3H7Cl2N/c8-2-4-10-14(12)11(6-3-9)5-1-7-13-14;1-2(6)3(4)5/h1-7H2,(H,10,12);2-3H,6H2,1H3. The molecule has 0 amide bonds. The highest BCUT2D eigenvalue weighted by Gasteiger charge is 2.33. The van der Waals surface area contributed by atoms with Crippen LogP contribution in [0.1, 0.15) is 13.3 Å². The molecule has 0 spiro atoms. The van der Waals surface area contributed by atoms with Crippen molar-refractivity contribution in [1.82, 2.24) is 9.76 Å². The SMILES string of the molecule is CC(N)C(Cl)Cl.O=P1(NCCCl)OCCCN1CCCl. The molecule has 0 aliphatic carbocycles. The van der Waals surface area contributed by atoms with Gasteiger partial charge in [0.15, 0.2) is 0 Å². The van der Waals surface area contributed by atoms with Gasteiger partial charge in [0.05, 0.1) is 6.61 Å². The van der Waals surface area contributed by atoms with Crippen LogP contribution in [0.5, 0.6) is 0 Å². The normalized spacial score (nSPS) is 25.1. The quantitative estimate of drug-likeness (QED) is 0.540. The Bertz CT molecular complexity index is 290. The number of nitrogens with one attached hydrogen (secondary N) is 1. The fraction of sp³-hybridized carbons (Fsp3) is 1.00. The van der Waals surface area contributed by atoms with Crippen molar-refractivity contribution in [3.05, 3.63) is 0 Å². The van der Waals surface area contributed by atoms with Gasteiger partial charge < -0.3 is 10.3 Å². The van der Waals surface area contributed by atoms with Crippen molar-refractivity contribution < 1.29 is 9.09 Å². The molecule has 1 aliphatic heterocycles. The molecule has 1 aliphatic rings. The van der Waals surface area contributed by atoms with Crippen LogP contribution in [0.15, 0.2) is 0 Å². The van der Waals surface area contributed by atoms with E-state index in [0.29, 0.717) is 31.5 Å². The van der Waals surface area contributed by atoms with Crippen molar-refractivity contribution in [2.24, 2.45) is 5.73 Å². The summed E-state index contributed by atoms with van der Waals surface area (Å²) in [7, 11) is -2.84. The summed E-state index contributed by atoms with van der Waals surface area (Å²) in [5.41, 5.74) is 5.17. The molecule has 0 aromatic rings. The molecule has 1 saturated heterocycles. The molecule has 5 nitrogen and oxygen atoms in total. The Morgan fingerprint density at radius 3 is 2.45 bits per heavy atom. The number of halogens is 4. The predicted octanol–water partition coefficient (Wildman–Crippen LogP) is 3.02. The van der Waals surface area contributed by atoms with Crippen molar-refractivity contribution in [3.63, 3.8) is 0 Å². The Balaban J connectivity index is 0.000000511. The Morgan fingerprint density at radius 2 is 2.00 bits per heavy atom. The van der Waals surface area contributed by atoms with E-state index in [2.05, 4.69) is 5.09 Å². The van der Waals surface area contributed by atoms with Crippen LogP contribution >= 0.6 is 54.1 Å². The summed E-state index contributed by atoms with van der Waals surface area (Å²) in [5.74, 6) is 0.873. The second-order valence-electron chi connectivity index (χ2n) is 4.14. The lowest BCUT2D eigenvalue weighted by Crippen LogP contribution is -2.36. The van der Waals surface area contributed by atoms with Gasteiger partial charge >= 0.3 is 7.67 Å². The summed E-state index contributed by atoms with van der Waals surface area (Å²) in [4.78, 5) is -0.426. The molecule has 3 N–H and O–H groups in total. The zero-order valence-electron chi connectivity index (χ0n) is 11.4. The molecule has 0 aromatic carbocycles. The number of rotatable bonds is 6. The highest BCUT2D eigenvalue weighted by molar-refractivity contribution is 7.54. The molecule has 122 valence electrons. The first kappa shape index (κ1) is 21.2. The molecule has 1 rings (SSSR count). The first-order valence-electron chi connectivity index (χ1n) is 6.28. The highest BCUT2D eigenvalue weighted by Crippen LogP contribution is 2.48. The van der Waals surface area contributed by atoms with Gasteiger partial charge in [-0.3, -0.25) is 4.57 Å². The van der Waals surface area contributed by atoms with E-state index < -0.39 is 12.5 Å². The zero-order valence-corrected chi connectivity index (χ0v) is 15.3. The van der Waals surface area contributed by atoms with Crippen molar-refractivity contribution in [3.8, 4) is 0 Å². The summed E-state index contributed by atoms with van der Waals surface area (Å²) < 4.78 is 19.2. The second-order valence-corrected chi connectivity index (χ2v) is 8.24. The first-order valence-corrected chi connectivity index (χ1v) is 9.80. The lowest BCUT2D eigenvalue weighted by molar-refractivity contribution is 0.203. The monoisotopic (exact) mass is 387 g/mol. The average Bonchev–Trinajstić information content (AvgIpc) is 2.40. The maximum Gasteiger partial charge on any atom is 0.343 e. The average molecular weight is 389 g/mol. The minimum absolute atomic E-state index is 0.117. The van der Waals surface area contributed by atoms with E-state index in [0.717, 1.165) is 13.0 Å². The number of hydrogen-bond donors (Lipinski definition) is 2. The Hall–Kier alpha value is 1.23. The third-order valence-electron chi connectivity index (χ3n) is 2.35. The lowest BCUT2D eigenvalue weighted by atomic mass is 10.4. The molecular formula is C10H22Cl4N3O2P. The van der Waals surface area contributed by atoms with Crippen molar-refractivity contribution in [2.75, 3.05) is 38.0 Å². The van der Waals surface area contributed by atoms with Crippen LogP contribution in [0.3, 0.4) is 0 Å². The van der Waals surface area contributed by atoms with Gasteiger partial charge in [-0.25, -0.2) is 9.76 Å². The minimum Gasteiger partial charge on any atom is -0.326 e. The highest BCUT2D eigenvalue weighted by atomic mass is 35.5. The van der Waals surface area contributed by atoms with E-state index in [1.165, 1.54) is 0 Å². The van der Waals surface area contributed by atoms with Crippen molar-refractivity contribution in [2.45, 2.75) is 24.2 Å². The summed E-state index contributed by atoms with van der Waals surface area (Å²) in [6.07, 6.45) is 0.892. The molecule has 1 fully saturated rings. The van der Waals surface area contributed by atoms with Crippen molar-refractivity contribution >= 4 is 54.1 Å². The summed E-state index contributed by atoms with van der Waals surface area (Å²) in [6.45, 7) is 4.11. The summed E-state index contributed by atoms with van der Waals surface area (Å²) in [6, 6.07) is -0.117. The lowest BCUT2D eigenvalue weighted by Gasteiger charge is -2.34. The number of nitrogens with two attached hydrogens (primary N) is 1. The zero-order chi connectivity index (χ0) is 15.6. The van der Waals surface area contributed by atoms with E-state index in [-0.39, 0.29) is 6.04 Å². The van der Waals surface area contributed by atoms with Crippen LogP contribution < -0.4 is 10.8 Å². The van der Waals surface area contributed by atoms with E-state index in [9.17, 15) is 4.57 Å². The van der Waals surface area contributed by atoms with E-state index >= 15 is 0 Å². The Kier molecular flexibility index (Phi) is 12.5. The number of alkyl halides is 4. The molecule has 10 heteroatoms. The molecule has 2 unspecified atom stereocenters. The van der Waals surface area contributed by atoms with E-state index in [1.807, 2.05) is 0 Å². The third-order valence-corrected chi connectivity index (χ3v) is 5.80. The molecule has 0 aromatic heterocycles. The first-order chi connectivity index (χ1) is 9.37. The molecular weight excluding hydrogens is 367 g/mol. The minimum atomic E-state index is -2.84. The predicted molar refractivity (Wildman–Crippen MR) is 88.3 cm³/mol. The summed E-state index contributed by atoms with van der Waals surface area (Å²) >= 11 is 21.7. The van der Waals surface area contributed by atoms with Gasteiger partial charge in [0, 0.05) is 37.4 Å². The van der Waals surface area contributed by atoms with Gasteiger partial charge in [-0.05, 0) is 13.3 Å². The number of hydrogen-bond acceptors (Lipinski definition) is 3. The van der Waals surface area contributed by atoms with Crippen LogP contribution in [0.4, 0.5) is 0 Å². The number of nitrogens with zero attached hydrogens (tertiary/aromatic N) is 1. The van der Waals surface area contributed by atoms with Crippen LogP contribution in [-0.2, 0) is 9.09 Å². The topological polar surface area (TPSA) is 67.6 Å². The second kappa shape index (κ2) is 11.8. The molecule has 0 saturated carbocycles. The fourth-order valence-corrected chi connectivity index (χ4v) is 3.86. The summed E-state index contributed by atoms with van der Waals surface area (Å²) in [5, 5.41) is 2.85. The Morgan fingerprint density at radius 1 is 1.40 bits per heavy atom. The third kappa shape index (κ3) is 8.62. The maximum absolute atomic E-state index is 12.2. The van der Waals surface area contributed by atoms with Gasteiger partial charge in [0.2, 0.25) is 0 Å². The fourth-order valence-electron chi connectivity index (χ4n) is 1.32. The molecule has 0 radical (unpaired) electrons. The smallest absolute Gasteiger partial charge is 0.326 e. The van der Waals surface area contributed by atoms with Crippen LogP contribution in [-0.4, -0.2) is 53.5 Å². The maximum atomic E-state index is 12.2. The van der Waals surface area contributed by atoms with Crippen molar-refractivity contribution in [1.29, 1.82) is 0 Å². The molecule has 1 heterocycles. The van der Waals surface area contributed by atoms with E-state index in [4.69, 9.17) is 56.7 Å². The molecule has 20 heavy (non-hydrogen) atoms. The molecule has 0 bridgehead atoms. The van der Waals surface area contributed by atoms with Gasteiger partial charge in [0.25, 0.3) is 0 Å². The largest absolute Gasteiger partial charge is 0.343 e. The van der Waals surface area contributed by atoms with E-state index in [1.54, 1.807) is 11.6 Å². The molecule has 2 atom stereocenters.